The second-order valence-corrected chi connectivity index (χ2v) is 6.34. The highest BCUT2D eigenvalue weighted by molar-refractivity contribution is 5.51. The number of hydrogen-bond donors (Lipinski definition) is 1. The highest BCUT2D eigenvalue weighted by Gasteiger charge is 2.19. The molecule has 1 aliphatic heterocycles. The third kappa shape index (κ3) is 3.45. The van der Waals surface area contributed by atoms with Crippen LogP contribution in [-0.2, 0) is 19.5 Å². The van der Waals surface area contributed by atoms with Gasteiger partial charge in [-0.25, -0.2) is 4.98 Å². The maximum Gasteiger partial charge on any atom is 0.148 e. The molecule has 5 heteroatoms. The fraction of sp³-hybridized carbons (Fsp3) is 0.250. The number of rotatable bonds is 4. The average Bonchev–Trinajstić information content (AvgIpc) is 2.67. The number of aromatic nitrogens is 3. The Kier molecular flexibility index (Phi) is 4.29. The van der Waals surface area contributed by atoms with E-state index in [4.69, 9.17) is 0 Å². The predicted octanol–water partition coefficient (Wildman–Crippen LogP) is 3.35. The molecule has 0 fully saturated rings. The number of fused-ring (bicyclic) bond motifs is 1. The first-order chi connectivity index (χ1) is 12.3. The lowest BCUT2D eigenvalue weighted by molar-refractivity contribution is 0.716. The monoisotopic (exact) mass is 331 g/mol. The van der Waals surface area contributed by atoms with Crippen LogP contribution in [0.1, 0.15) is 22.4 Å². The van der Waals surface area contributed by atoms with Crippen molar-refractivity contribution in [3.05, 3.63) is 77.1 Å². The van der Waals surface area contributed by atoms with Crippen molar-refractivity contribution in [1.29, 1.82) is 0 Å². The van der Waals surface area contributed by atoms with Gasteiger partial charge in [0.15, 0.2) is 0 Å². The molecule has 0 unspecified atom stereocenters. The molecule has 1 aliphatic rings. The number of benzene rings is 1. The molecule has 0 saturated heterocycles. The Morgan fingerprint density at radius 1 is 1.00 bits per heavy atom. The molecule has 3 aromatic rings. The number of anilines is 2. The van der Waals surface area contributed by atoms with Crippen LogP contribution in [0.3, 0.4) is 0 Å². The molecule has 5 nitrogen and oxygen atoms in total. The van der Waals surface area contributed by atoms with E-state index >= 15 is 0 Å². The summed E-state index contributed by atoms with van der Waals surface area (Å²) in [6.45, 7) is 4.51. The Morgan fingerprint density at radius 3 is 2.72 bits per heavy atom. The molecule has 4 rings (SSSR count). The number of pyridine rings is 1. The molecule has 1 N–H and O–H groups in total. The number of nitrogens with zero attached hydrogens (tertiary/aromatic N) is 4. The fourth-order valence-electron chi connectivity index (χ4n) is 3.21. The summed E-state index contributed by atoms with van der Waals surface area (Å²) in [5.74, 6) is 1.83. The molecule has 126 valence electrons. The van der Waals surface area contributed by atoms with Crippen LogP contribution in [0.2, 0.25) is 0 Å². The van der Waals surface area contributed by atoms with Crippen LogP contribution in [0.4, 0.5) is 11.6 Å². The van der Waals surface area contributed by atoms with Crippen molar-refractivity contribution in [3.8, 4) is 0 Å². The Hall–Kier alpha value is -2.95. The summed E-state index contributed by atoms with van der Waals surface area (Å²) in [5, 5.41) is 11.6. The van der Waals surface area contributed by atoms with Crippen LogP contribution in [0.5, 0.6) is 0 Å². The number of hydrogen-bond acceptors (Lipinski definition) is 5. The van der Waals surface area contributed by atoms with E-state index in [9.17, 15) is 0 Å². The highest BCUT2D eigenvalue weighted by Crippen LogP contribution is 2.25. The zero-order valence-electron chi connectivity index (χ0n) is 14.3. The first-order valence-corrected chi connectivity index (χ1v) is 8.59. The Balaban J connectivity index is 1.52. The maximum atomic E-state index is 4.65. The minimum absolute atomic E-state index is 0.680. The molecule has 2 aromatic heterocycles. The van der Waals surface area contributed by atoms with Gasteiger partial charge in [0.2, 0.25) is 0 Å². The first kappa shape index (κ1) is 15.6. The third-order valence-electron chi connectivity index (χ3n) is 4.56. The van der Waals surface area contributed by atoms with Gasteiger partial charge in [0.05, 0.1) is 5.69 Å². The molecule has 0 radical (unpaired) electrons. The lowest BCUT2D eigenvalue weighted by atomic mass is 9.99. The van der Waals surface area contributed by atoms with Gasteiger partial charge in [0.25, 0.3) is 0 Å². The fourth-order valence-corrected chi connectivity index (χ4v) is 3.21. The van der Waals surface area contributed by atoms with E-state index in [0.29, 0.717) is 6.54 Å². The van der Waals surface area contributed by atoms with Gasteiger partial charge in [-0.1, -0.05) is 30.3 Å². The molecule has 0 saturated carbocycles. The van der Waals surface area contributed by atoms with Gasteiger partial charge < -0.3 is 10.2 Å². The smallest absolute Gasteiger partial charge is 0.148 e. The van der Waals surface area contributed by atoms with Crippen molar-refractivity contribution in [3.63, 3.8) is 0 Å². The normalized spacial score (nSPS) is 13.4. The third-order valence-corrected chi connectivity index (χ3v) is 4.56. The van der Waals surface area contributed by atoms with Gasteiger partial charge in [0.1, 0.15) is 11.6 Å². The van der Waals surface area contributed by atoms with Gasteiger partial charge in [0, 0.05) is 31.4 Å². The van der Waals surface area contributed by atoms with Gasteiger partial charge in [-0.15, -0.1) is 5.10 Å². The summed E-state index contributed by atoms with van der Waals surface area (Å²) in [6, 6.07) is 16.7. The topological polar surface area (TPSA) is 53.9 Å². The summed E-state index contributed by atoms with van der Waals surface area (Å²) in [5.41, 5.74) is 4.93. The molecular weight excluding hydrogens is 310 g/mol. The van der Waals surface area contributed by atoms with Crippen molar-refractivity contribution >= 4 is 11.6 Å². The average molecular weight is 331 g/mol. The van der Waals surface area contributed by atoms with Crippen molar-refractivity contribution in [2.24, 2.45) is 0 Å². The molecule has 1 aromatic carbocycles. The SMILES string of the molecule is Cc1ccc(NCc2cccnc2N2CCc3ccccc3C2)nn1. The Labute approximate surface area is 147 Å². The number of nitrogens with one attached hydrogen (secondary N) is 1. The minimum Gasteiger partial charge on any atom is -0.364 e. The second kappa shape index (κ2) is 6.89. The summed E-state index contributed by atoms with van der Waals surface area (Å²) in [4.78, 5) is 7.01. The van der Waals surface area contributed by atoms with Crippen LogP contribution >= 0.6 is 0 Å². The zero-order valence-corrected chi connectivity index (χ0v) is 14.3. The first-order valence-electron chi connectivity index (χ1n) is 8.59. The van der Waals surface area contributed by atoms with Crippen molar-refractivity contribution < 1.29 is 0 Å². The molecule has 3 heterocycles. The predicted molar refractivity (Wildman–Crippen MR) is 99.5 cm³/mol. The lowest BCUT2D eigenvalue weighted by Gasteiger charge is -2.31. The van der Waals surface area contributed by atoms with Crippen molar-refractivity contribution in [2.45, 2.75) is 26.4 Å². The number of aryl methyl sites for hydroxylation is 1. The van der Waals surface area contributed by atoms with E-state index in [2.05, 4.69) is 55.7 Å². The zero-order chi connectivity index (χ0) is 17.1. The summed E-state index contributed by atoms with van der Waals surface area (Å²) in [6.07, 6.45) is 2.92. The van der Waals surface area contributed by atoms with Crippen molar-refractivity contribution in [2.75, 3.05) is 16.8 Å². The standard InChI is InChI=1S/C20H21N5/c1-15-8-9-19(24-23-15)22-13-17-7-4-11-21-20(17)25-12-10-16-5-2-3-6-18(16)14-25/h2-9,11H,10,12-14H2,1H3,(H,22,24). The molecule has 0 bridgehead atoms. The van der Waals surface area contributed by atoms with Crippen LogP contribution in [0.25, 0.3) is 0 Å². The van der Waals surface area contributed by atoms with E-state index in [1.54, 1.807) is 0 Å². The van der Waals surface area contributed by atoms with Gasteiger partial charge in [-0.3, -0.25) is 0 Å². The summed E-state index contributed by atoms with van der Waals surface area (Å²) >= 11 is 0. The lowest BCUT2D eigenvalue weighted by Crippen LogP contribution is -2.32. The van der Waals surface area contributed by atoms with Crippen LogP contribution in [0, 0.1) is 6.92 Å². The molecular formula is C20H21N5. The Morgan fingerprint density at radius 2 is 1.88 bits per heavy atom. The molecule has 0 aliphatic carbocycles. The van der Waals surface area contributed by atoms with Gasteiger partial charge >= 0.3 is 0 Å². The quantitative estimate of drug-likeness (QED) is 0.794. The van der Waals surface area contributed by atoms with E-state index in [1.807, 2.05) is 31.3 Å². The molecule has 25 heavy (non-hydrogen) atoms. The largest absolute Gasteiger partial charge is 0.364 e. The van der Waals surface area contributed by atoms with Crippen LogP contribution in [0.15, 0.2) is 54.7 Å². The minimum atomic E-state index is 0.680. The summed E-state index contributed by atoms with van der Waals surface area (Å²) < 4.78 is 0. The van der Waals surface area contributed by atoms with E-state index in [0.717, 1.165) is 36.8 Å². The van der Waals surface area contributed by atoms with Crippen LogP contribution < -0.4 is 10.2 Å². The second-order valence-electron chi connectivity index (χ2n) is 6.34. The molecule has 0 atom stereocenters. The van der Waals surface area contributed by atoms with Gasteiger partial charge in [-0.05, 0) is 42.7 Å². The molecule has 0 spiro atoms. The van der Waals surface area contributed by atoms with E-state index in [-0.39, 0.29) is 0 Å². The van der Waals surface area contributed by atoms with Crippen LogP contribution in [-0.4, -0.2) is 21.7 Å². The maximum absolute atomic E-state index is 4.65. The van der Waals surface area contributed by atoms with E-state index in [1.165, 1.54) is 16.7 Å². The highest BCUT2D eigenvalue weighted by atomic mass is 15.2. The Bertz CT molecular complexity index is 860. The summed E-state index contributed by atoms with van der Waals surface area (Å²) in [7, 11) is 0. The van der Waals surface area contributed by atoms with E-state index < -0.39 is 0 Å². The molecule has 0 amide bonds. The van der Waals surface area contributed by atoms with Gasteiger partial charge in [-0.2, -0.15) is 5.10 Å². The van der Waals surface area contributed by atoms with Crippen molar-refractivity contribution in [1.82, 2.24) is 15.2 Å².